The molecule has 0 fully saturated rings. The van der Waals surface area contributed by atoms with E-state index in [0.717, 1.165) is 9.87 Å². The Morgan fingerprint density at radius 1 is 1.03 bits per heavy atom. The number of carbonyl (C=O) groups excluding carboxylic acids is 2. The molecule has 0 saturated carbocycles. The smallest absolute Gasteiger partial charge is 0.264 e. The standard InChI is InChI=1S/C27H29Cl2N3O5S/c1-18-8-11-23(12-9-18)38(35,36)32(25-15-21(28)10-13-24(25)29)17-26(33)31(19(2)27(34)30-3)16-20-6-5-7-22(14-20)37-4/h5-15,19H,16-17H2,1-4H3,(H,30,34). The van der Waals surface area contributed by atoms with Crippen LogP contribution in [0.3, 0.4) is 0 Å². The summed E-state index contributed by atoms with van der Waals surface area (Å²) in [6.07, 6.45) is 0. The molecule has 11 heteroatoms. The third kappa shape index (κ3) is 6.78. The van der Waals surface area contributed by atoms with Crippen LogP contribution < -0.4 is 14.4 Å². The van der Waals surface area contributed by atoms with Gasteiger partial charge in [0.1, 0.15) is 18.3 Å². The second-order valence-corrected chi connectivity index (χ2v) is 11.3. The van der Waals surface area contributed by atoms with Crippen LogP contribution in [0.4, 0.5) is 5.69 Å². The van der Waals surface area contributed by atoms with Crippen LogP contribution in [0.2, 0.25) is 10.0 Å². The van der Waals surface area contributed by atoms with Gasteiger partial charge in [0.15, 0.2) is 0 Å². The Balaban J connectivity index is 2.08. The molecule has 3 aromatic rings. The fourth-order valence-electron chi connectivity index (χ4n) is 3.79. The normalized spacial score (nSPS) is 11.9. The number of amides is 2. The monoisotopic (exact) mass is 577 g/mol. The van der Waals surface area contributed by atoms with E-state index in [1.54, 1.807) is 43.3 Å². The van der Waals surface area contributed by atoms with Gasteiger partial charge >= 0.3 is 0 Å². The van der Waals surface area contributed by atoms with E-state index in [2.05, 4.69) is 5.32 Å². The first kappa shape index (κ1) is 29.3. The minimum Gasteiger partial charge on any atom is -0.497 e. The largest absolute Gasteiger partial charge is 0.497 e. The van der Waals surface area contributed by atoms with E-state index in [9.17, 15) is 18.0 Å². The van der Waals surface area contributed by atoms with Crippen LogP contribution in [0.15, 0.2) is 71.6 Å². The van der Waals surface area contributed by atoms with Crippen LogP contribution in [0.5, 0.6) is 5.75 Å². The number of hydrogen-bond acceptors (Lipinski definition) is 5. The number of halogens is 2. The molecule has 38 heavy (non-hydrogen) atoms. The Labute approximate surface area is 233 Å². The molecule has 0 radical (unpaired) electrons. The van der Waals surface area contributed by atoms with Gasteiger partial charge in [-0.1, -0.05) is 53.0 Å². The van der Waals surface area contributed by atoms with E-state index in [4.69, 9.17) is 27.9 Å². The molecule has 0 bridgehead atoms. The van der Waals surface area contributed by atoms with Crippen molar-refractivity contribution in [1.82, 2.24) is 10.2 Å². The van der Waals surface area contributed by atoms with E-state index in [-0.39, 0.29) is 27.2 Å². The van der Waals surface area contributed by atoms with Crippen molar-refractivity contribution in [3.8, 4) is 5.75 Å². The third-order valence-corrected chi connectivity index (χ3v) is 8.29. The van der Waals surface area contributed by atoms with Crippen molar-refractivity contribution in [3.63, 3.8) is 0 Å². The minimum absolute atomic E-state index is 0.0226. The molecule has 1 unspecified atom stereocenters. The SMILES string of the molecule is CNC(=O)C(C)N(Cc1cccc(OC)c1)C(=O)CN(c1cc(Cl)ccc1Cl)S(=O)(=O)c1ccc(C)cc1. The summed E-state index contributed by atoms with van der Waals surface area (Å²) in [6.45, 7) is 2.82. The van der Waals surface area contributed by atoms with Crippen molar-refractivity contribution in [2.24, 2.45) is 0 Å². The molecular weight excluding hydrogens is 549 g/mol. The molecule has 0 aliphatic carbocycles. The number of likely N-dealkylation sites (N-methyl/N-ethyl adjacent to an activating group) is 1. The molecule has 0 aliphatic rings. The first-order valence-electron chi connectivity index (χ1n) is 11.7. The predicted molar refractivity (Wildman–Crippen MR) is 149 cm³/mol. The van der Waals surface area contributed by atoms with Gasteiger partial charge in [-0.15, -0.1) is 0 Å². The average molecular weight is 579 g/mol. The highest BCUT2D eigenvalue weighted by atomic mass is 35.5. The van der Waals surface area contributed by atoms with Crippen molar-refractivity contribution in [1.29, 1.82) is 0 Å². The Kier molecular flexibility index (Phi) is 9.65. The lowest BCUT2D eigenvalue weighted by Gasteiger charge is -2.32. The Hall–Kier alpha value is -3.27. The number of ether oxygens (including phenoxy) is 1. The molecule has 1 N–H and O–H groups in total. The average Bonchev–Trinajstić information content (AvgIpc) is 2.91. The van der Waals surface area contributed by atoms with Gasteiger partial charge in [-0.2, -0.15) is 0 Å². The minimum atomic E-state index is -4.25. The number of hydrogen-bond donors (Lipinski definition) is 1. The van der Waals surface area contributed by atoms with Gasteiger partial charge in [0, 0.05) is 18.6 Å². The topological polar surface area (TPSA) is 96.0 Å². The van der Waals surface area contributed by atoms with E-state index in [0.29, 0.717) is 11.3 Å². The summed E-state index contributed by atoms with van der Waals surface area (Å²) in [5, 5.41) is 2.88. The summed E-state index contributed by atoms with van der Waals surface area (Å²) in [7, 11) is -1.26. The van der Waals surface area contributed by atoms with Crippen LogP contribution in [-0.4, -0.2) is 51.9 Å². The molecule has 3 aromatic carbocycles. The third-order valence-electron chi connectivity index (χ3n) is 5.97. The van der Waals surface area contributed by atoms with Crippen LogP contribution in [0, 0.1) is 6.92 Å². The first-order chi connectivity index (χ1) is 18.0. The molecule has 0 aromatic heterocycles. The Bertz CT molecular complexity index is 1410. The molecule has 202 valence electrons. The van der Waals surface area contributed by atoms with Crippen molar-refractivity contribution < 1.29 is 22.7 Å². The van der Waals surface area contributed by atoms with Crippen LogP contribution >= 0.6 is 23.2 Å². The maximum Gasteiger partial charge on any atom is 0.264 e. The van der Waals surface area contributed by atoms with E-state index < -0.39 is 34.4 Å². The number of aryl methyl sites for hydroxylation is 1. The van der Waals surface area contributed by atoms with Gasteiger partial charge in [0.05, 0.1) is 22.7 Å². The van der Waals surface area contributed by atoms with E-state index in [1.165, 1.54) is 49.4 Å². The second kappa shape index (κ2) is 12.5. The van der Waals surface area contributed by atoms with Crippen molar-refractivity contribution >= 4 is 50.7 Å². The molecular formula is C27H29Cl2N3O5S. The maximum absolute atomic E-state index is 13.8. The maximum atomic E-state index is 13.8. The summed E-state index contributed by atoms with van der Waals surface area (Å²) in [5.74, 6) is -0.442. The van der Waals surface area contributed by atoms with Gasteiger partial charge in [0.2, 0.25) is 11.8 Å². The summed E-state index contributed by atoms with van der Waals surface area (Å²) in [4.78, 5) is 27.7. The molecule has 3 rings (SSSR count). The number of carbonyl (C=O) groups is 2. The fraction of sp³-hybridized carbons (Fsp3) is 0.259. The van der Waals surface area contributed by atoms with Crippen molar-refractivity contribution in [2.75, 3.05) is 25.0 Å². The van der Waals surface area contributed by atoms with Gasteiger partial charge in [-0.05, 0) is 61.9 Å². The zero-order valence-corrected chi connectivity index (χ0v) is 23.8. The highest BCUT2D eigenvalue weighted by molar-refractivity contribution is 7.92. The Morgan fingerprint density at radius 3 is 2.34 bits per heavy atom. The van der Waals surface area contributed by atoms with Crippen LogP contribution in [0.25, 0.3) is 0 Å². The number of rotatable bonds is 10. The van der Waals surface area contributed by atoms with E-state index in [1.807, 2.05) is 6.92 Å². The van der Waals surface area contributed by atoms with Crippen molar-refractivity contribution in [2.45, 2.75) is 31.3 Å². The fourth-order valence-corrected chi connectivity index (χ4v) is 5.65. The number of nitrogens with zero attached hydrogens (tertiary/aromatic N) is 2. The molecule has 0 saturated heterocycles. The number of benzene rings is 3. The number of methoxy groups -OCH3 is 1. The molecule has 0 aliphatic heterocycles. The second-order valence-electron chi connectivity index (χ2n) is 8.58. The zero-order valence-electron chi connectivity index (χ0n) is 21.4. The number of anilines is 1. The van der Waals surface area contributed by atoms with Gasteiger partial charge in [0.25, 0.3) is 10.0 Å². The predicted octanol–water partition coefficient (Wildman–Crippen LogP) is 4.67. The summed E-state index contributed by atoms with van der Waals surface area (Å²) in [5.41, 5.74) is 1.61. The highest BCUT2D eigenvalue weighted by Crippen LogP contribution is 2.33. The quantitative estimate of drug-likeness (QED) is 0.378. The lowest BCUT2D eigenvalue weighted by molar-refractivity contribution is -0.139. The first-order valence-corrected chi connectivity index (χ1v) is 13.9. The molecule has 1 atom stereocenters. The van der Waals surface area contributed by atoms with Gasteiger partial charge in [-0.25, -0.2) is 8.42 Å². The molecule has 8 nitrogen and oxygen atoms in total. The van der Waals surface area contributed by atoms with Gasteiger partial charge < -0.3 is 15.0 Å². The molecule has 0 heterocycles. The Morgan fingerprint density at radius 2 is 1.71 bits per heavy atom. The summed E-state index contributed by atoms with van der Waals surface area (Å²) >= 11 is 12.6. The zero-order chi connectivity index (χ0) is 28.0. The van der Waals surface area contributed by atoms with Gasteiger partial charge in [-0.3, -0.25) is 13.9 Å². The molecule has 2 amide bonds. The highest BCUT2D eigenvalue weighted by Gasteiger charge is 2.33. The number of nitrogens with one attached hydrogen (secondary N) is 1. The van der Waals surface area contributed by atoms with Crippen LogP contribution in [0.1, 0.15) is 18.1 Å². The van der Waals surface area contributed by atoms with E-state index >= 15 is 0 Å². The lowest BCUT2D eigenvalue weighted by atomic mass is 10.1. The summed E-state index contributed by atoms with van der Waals surface area (Å²) in [6, 6.07) is 16.8. The van der Waals surface area contributed by atoms with Crippen LogP contribution in [-0.2, 0) is 26.2 Å². The summed E-state index contributed by atoms with van der Waals surface area (Å²) < 4.78 is 33.8. The molecule has 0 spiro atoms. The lowest BCUT2D eigenvalue weighted by Crippen LogP contribution is -2.50. The van der Waals surface area contributed by atoms with Crippen molar-refractivity contribution in [3.05, 3.63) is 87.9 Å². The number of sulfonamides is 1.